The van der Waals surface area contributed by atoms with Crippen molar-refractivity contribution in [2.24, 2.45) is 5.16 Å². The van der Waals surface area contributed by atoms with E-state index in [1.54, 1.807) is 6.21 Å². The summed E-state index contributed by atoms with van der Waals surface area (Å²) in [7, 11) is 0. The van der Waals surface area contributed by atoms with Gasteiger partial charge in [0.15, 0.2) is 5.82 Å². The minimum Gasteiger partial charge on any atom is -0.351 e. The van der Waals surface area contributed by atoms with Crippen molar-refractivity contribution in [1.29, 1.82) is 0 Å². The molecule has 194 valence electrons. The van der Waals surface area contributed by atoms with E-state index in [1.807, 2.05) is 18.7 Å². The van der Waals surface area contributed by atoms with Gasteiger partial charge < -0.3 is 14.3 Å². The molecule has 11 heteroatoms. The lowest BCUT2D eigenvalue weighted by Gasteiger charge is -2.30. The van der Waals surface area contributed by atoms with Gasteiger partial charge in [0.2, 0.25) is 11.7 Å². The molecule has 0 bridgehead atoms. The summed E-state index contributed by atoms with van der Waals surface area (Å²) in [6.07, 6.45) is 9.61. The third-order valence-electron chi connectivity index (χ3n) is 7.02. The zero-order chi connectivity index (χ0) is 25.8. The van der Waals surface area contributed by atoms with Crippen molar-refractivity contribution in [3.63, 3.8) is 0 Å². The maximum atomic E-state index is 12.0. The van der Waals surface area contributed by atoms with Crippen LogP contribution >= 0.6 is 0 Å². The highest BCUT2D eigenvalue weighted by Gasteiger charge is 2.33. The Morgan fingerprint density at radius 1 is 1.22 bits per heavy atom. The van der Waals surface area contributed by atoms with E-state index in [-0.39, 0.29) is 29.2 Å². The van der Waals surface area contributed by atoms with Crippen LogP contribution in [0.3, 0.4) is 0 Å². The molecule has 1 aliphatic carbocycles. The average Bonchev–Trinajstić information content (AvgIpc) is 3.42. The molecule has 11 nitrogen and oxygen atoms in total. The molecule has 3 heterocycles. The van der Waals surface area contributed by atoms with Crippen LogP contribution in [-0.2, 0) is 19.3 Å². The predicted octanol–water partition coefficient (Wildman–Crippen LogP) is 4.76. The minimum absolute atomic E-state index is 0.112. The minimum atomic E-state index is -0.511. The first-order valence-corrected chi connectivity index (χ1v) is 12.9. The van der Waals surface area contributed by atoms with Gasteiger partial charge in [-0.15, -0.1) is 0 Å². The van der Waals surface area contributed by atoms with Crippen LogP contribution in [0.4, 0.5) is 11.5 Å². The number of aryl methyl sites for hydroxylation is 2. The van der Waals surface area contributed by atoms with E-state index in [1.165, 1.54) is 30.3 Å². The highest BCUT2D eigenvalue weighted by atomic mass is 16.7. The molecular formula is C26H31N7O4. The van der Waals surface area contributed by atoms with Gasteiger partial charge in [0, 0.05) is 37.6 Å². The molecule has 2 aromatic heterocycles. The summed E-state index contributed by atoms with van der Waals surface area (Å²) in [6.45, 7) is 5.15. The lowest BCUT2D eigenvalue weighted by Crippen LogP contribution is -2.34. The van der Waals surface area contributed by atoms with Crippen LogP contribution in [0.2, 0.25) is 0 Å². The molecule has 1 fully saturated rings. The molecule has 37 heavy (non-hydrogen) atoms. The smallest absolute Gasteiger partial charge is 0.351 e. The number of nitro groups is 1. The van der Waals surface area contributed by atoms with Gasteiger partial charge in [0.05, 0.1) is 4.92 Å². The molecule has 3 aromatic rings. The molecular weight excluding hydrogens is 474 g/mol. The topological polar surface area (TPSA) is 133 Å². The van der Waals surface area contributed by atoms with Crippen LogP contribution in [-0.4, -0.2) is 44.3 Å². The fourth-order valence-electron chi connectivity index (χ4n) is 4.94. The Morgan fingerprint density at radius 2 is 2.00 bits per heavy atom. The van der Waals surface area contributed by atoms with E-state index in [0.29, 0.717) is 31.2 Å². The van der Waals surface area contributed by atoms with Crippen LogP contribution < -0.4 is 9.74 Å². The van der Waals surface area contributed by atoms with Crippen LogP contribution in [0.25, 0.3) is 0 Å². The third-order valence-corrected chi connectivity index (χ3v) is 7.02. The summed E-state index contributed by atoms with van der Waals surface area (Å²) >= 11 is 0. The Hall–Kier alpha value is -3.89. The van der Waals surface area contributed by atoms with E-state index in [4.69, 9.17) is 9.36 Å². The van der Waals surface area contributed by atoms with Crippen molar-refractivity contribution in [2.75, 3.05) is 18.0 Å². The molecule has 0 amide bonds. The second kappa shape index (κ2) is 11.0. The molecule has 0 radical (unpaired) electrons. The van der Waals surface area contributed by atoms with Crippen LogP contribution in [0, 0.1) is 10.1 Å². The number of rotatable bonds is 8. The number of benzene rings is 1. The van der Waals surface area contributed by atoms with E-state index in [9.17, 15) is 10.1 Å². The Labute approximate surface area is 215 Å². The Bertz CT molecular complexity index is 1280. The van der Waals surface area contributed by atoms with Crippen molar-refractivity contribution < 1.29 is 14.3 Å². The molecule has 1 saturated heterocycles. The highest BCUT2D eigenvalue weighted by Crippen LogP contribution is 2.37. The second-order valence-corrected chi connectivity index (χ2v) is 9.91. The van der Waals surface area contributed by atoms with Gasteiger partial charge >= 0.3 is 11.6 Å². The van der Waals surface area contributed by atoms with Gasteiger partial charge in [-0.3, -0.25) is 10.1 Å². The molecule has 0 saturated carbocycles. The molecule has 0 spiro atoms. The van der Waals surface area contributed by atoms with Crippen LogP contribution in [0.1, 0.15) is 79.8 Å². The van der Waals surface area contributed by atoms with E-state index in [0.717, 1.165) is 31.2 Å². The van der Waals surface area contributed by atoms with E-state index >= 15 is 0 Å². The standard InChI is InChI=1S/C26H31N7O4/c1-17(2)23-30-25(37-31-23)20-10-13-32(14-11-20)24-22(33(34)35)26(28-16-27-24)36-29-12-9-18-7-8-19-5-3-4-6-21(19)15-18/h7-8,12,15-17,20H,3-6,9-11,13-14H2,1-2H3. The fourth-order valence-corrected chi connectivity index (χ4v) is 4.94. The first-order valence-electron chi connectivity index (χ1n) is 12.9. The number of nitrogens with zero attached hydrogens (tertiary/aromatic N) is 7. The first-order chi connectivity index (χ1) is 18.0. The molecule has 1 aromatic carbocycles. The summed E-state index contributed by atoms with van der Waals surface area (Å²) in [6, 6.07) is 6.50. The number of oxime groups is 1. The van der Waals surface area contributed by atoms with Crippen LogP contribution in [0.5, 0.6) is 5.88 Å². The Morgan fingerprint density at radius 3 is 2.73 bits per heavy atom. The molecule has 1 aliphatic heterocycles. The molecule has 0 atom stereocenters. The fraction of sp³-hybridized carbons (Fsp3) is 0.500. The molecule has 0 unspecified atom stereocenters. The molecule has 0 N–H and O–H groups in total. The van der Waals surface area contributed by atoms with Crippen molar-refractivity contribution in [2.45, 2.75) is 70.6 Å². The third kappa shape index (κ3) is 5.60. The summed E-state index contributed by atoms with van der Waals surface area (Å²) in [5, 5.41) is 20.0. The normalized spacial score (nSPS) is 16.4. The van der Waals surface area contributed by atoms with E-state index < -0.39 is 4.92 Å². The summed E-state index contributed by atoms with van der Waals surface area (Å²) in [5.74, 6) is 1.68. The monoisotopic (exact) mass is 505 g/mol. The van der Waals surface area contributed by atoms with Gasteiger partial charge in [-0.25, -0.2) is 4.98 Å². The van der Waals surface area contributed by atoms with Crippen LogP contribution in [0.15, 0.2) is 34.2 Å². The quantitative estimate of drug-likeness (QED) is 0.241. The summed E-state index contributed by atoms with van der Waals surface area (Å²) in [4.78, 5) is 31.4. The average molecular weight is 506 g/mol. The van der Waals surface area contributed by atoms with Crippen molar-refractivity contribution >= 4 is 17.7 Å². The summed E-state index contributed by atoms with van der Waals surface area (Å²) < 4.78 is 5.45. The van der Waals surface area contributed by atoms with Crippen molar-refractivity contribution in [3.05, 3.63) is 63.0 Å². The zero-order valence-corrected chi connectivity index (χ0v) is 21.2. The van der Waals surface area contributed by atoms with E-state index in [2.05, 4.69) is 43.5 Å². The number of fused-ring (bicyclic) bond motifs is 1. The second-order valence-electron chi connectivity index (χ2n) is 9.91. The molecule has 2 aliphatic rings. The zero-order valence-electron chi connectivity index (χ0n) is 21.2. The number of aromatic nitrogens is 4. The maximum Gasteiger partial charge on any atom is 0.375 e. The molecule has 5 rings (SSSR count). The maximum absolute atomic E-state index is 12.0. The van der Waals surface area contributed by atoms with Gasteiger partial charge in [-0.1, -0.05) is 42.4 Å². The number of piperidine rings is 1. The summed E-state index contributed by atoms with van der Waals surface area (Å²) in [5.41, 5.74) is 3.67. The van der Waals surface area contributed by atoms with Crippen molar-refractivity contribution in [1.82, 2.24) is 20.1 Å². The largest absolute Gasteiger partial charge is 0.375 e. The lowest BCUT2D eigenvalue weighted by atomic mass is 9.90. The Balaban J connectivity index is 1.24. The van der Waals surface area contributed by atoms with Crippen molar-refractivity contribution in [3.8, 4) is 5.88 Å². The number of hydrogen-bond acceptors (Lipinski definition) is 10. The van der Waals surface area contributed by atoms with Gasteiger partial charge in [0.1, 0.15) is 6.33 Å². The van der Waals surface area contributed by atoms with Gasteiger partial charge in [-0.05, 0) is 55.2 Å². The SMILES string of the molecule is CC(C)c1noc(C2CCN(c3ncnc(ON=CCc4ccc5c(c4)CCCC5)c3[N+](=O)[O-])CC2)n1. The first kappa shape index (κ1) is 24.8. The lowest BCUT2D eigenvalue weighted by molar-refractivity contribution is -0.385. The van der Waals surface area contributed by atoms with Gasteiger partial charge in [0.25, 0.3) is 0 Å². The number of hydrogen-bond donors (Lipinski definition) is 0. The predicted molar refractivity (Wildman–Crippen MR) is 137 cm³/mol. The number of anilines is 1. The highest BCUT2D eigenvalue weighted by molar-refractivity contribution is 5.64. The van der Waals surface area contributed by atoms with Gasteiger partial charge in [-0.2, -0.15) is 9.97 Å². The Kier molecular flexibility index (Phi) is 7.38.